The third-order valence-corrected chi connectivity index (χ3v) is 1.80. The largest absolute Gasteiger partial charge is 4.00 e. The minimum Gasteiger partial charge on any atom is -0.790 e. The van der Waals surface area contributed by atoms with Gasteiger partial charge in [0.1, 0.15) is 0 Å². The minimum atomic E-state index is -5.68. The average molecular weight is 362 g/mol. The molecule has 0 aliphatic heterocycles. The minimum absolute atomic E-state index is 0. The fourth-order valence-corrected chi connectivity index (χ4v) is 1.10. The Morgan fingerprint density at radius 1 is 0.909 bits per heavy atom. The molecule has 0 unspecified atom stereocenters. The third-order valence-electron chi connectivity index (χ3n) is 0.200. The Morgan fingerprint density at radius 2 is 1.09 bits per heavy atom. The zero-order chi connectivity index (χ0) is 7.71. The zero-order valence-corrected chi connectivity index (χ0v) is 11.2. The van der Waals surface area contributed by atoms with Gasteiger partial charge in [0.05, 0.1) is 15.6 Å². The molecule has 0 aromatic rings. The maximum absolute atomic E-state index is 9.32. The van der Waals surface area contributed by atoms with Crippen molar-refractivity contribution in [1.29, 1.82) is 0 Å². The Morgan fingerprint density at radius 3 is 1.09 bits per heavy atom. The van der Waals surface area contributed by atoms with E-state index in [-0.39, 0.29) is 63.5 Å². The molecule has 0 saturated heterocycles. The van der Waals surface area contributed by atoms with Crippen molar-refractivity contribution in [3.63, 3.8) is 0 Å². The summed E-state index contributed by atoms with van der Waals surface area (Å²) in [5.74, 6) is 0. The third kappa shape index (κ3) is 19.0. The molecule has 0 fully saturated rings. The molecule has 0 aliphatic carbocycles. The molecule has 0 spiro atoms. The van der Waals surface area contributed by atoms with E-state index in [1.165, 1.54) is 0 Å². The molecule has 0 heterocycles. The second kappa shape index (κ2) is 6.75. The first kappa shape index (κ1) is 19.0. The summed E-state index contributed by atoms with van der Waals surface area (Å²) >= 11 is 0. The van der Waals surface area contributed by atoms with Gasteiger partial charge < -0.3 is 33.0 Å². The van der Waals surface area contributed by atoms with Gasteiger partial charge in [-0.05, 0) is 0 Å². The van der Waals surface area contributed by atoms with Crippen LogP contribution in [0.5, 0.6) is 0 Å². The van der Waals surface area contributed by atoms with Crippen molar-refractivity contribution in [2.75, 3.05) is 0 Å². The summed E-state index contributed by atoms with van der Waals surface area (Å²) in [4.78, 5) is 37.3. The molecule has 11 heavy (non-hydrogen) atoms. The molecule has 0 rings (SSSR count). The van der Waals surface area contributed by atoms with Gasteiger partial charge in [-0.3, -0.25) is 0 Å². The molecule has 0 amide bonds. The van der Waals surface area contributed by atoms with Crippen molar-refractivity contribution in [2.45, 2.75) is 0 Å². The molecule has 0 aliphatic rings. The first-order chi connectivity index (χ1) is 3.71. The molecule has 57 valence electrons. The quantitative estimate of drug-likeness (QED) is 0.370. The molecule has 0 saturated carbocycles. The average Bonchev–Trinajstić information content (AvgIpc) is 1.14. The van der Waals surface area contributed by atoms with Crippen molar-refractivity contribution in [3.05, 3.63) is 0 Å². The maximum atomic E-state index is 9.32. The summed E-state index contributed by atoms with van der Waals surface area (Å²) in [5.41, 5.74) is 0. The Hall–Kier alpha value is 2.35. The van der Waals surface area contributed by atoms with E-state index in [1.807, 2.05) is 0 Å². The topological polar surface area (TPSA) is 136 Å². The zero-order valence-electron chi connectivity index (χ0n) is 4.75. The summed E-state index contributed by atoms with van der Waals surface area (Å²) < 4.78 is 21.2. The van der Waals surface area contributed by atoms with Crippen LogP contribution in [-0.4, -0.2) is 0 Å². The normalized spacial score (nSPS) is 11.3. The molecular formula is CeO7P2Ti+3. The van der Waals surface area contributed by atoms with Gasteiger partial charge in [0.15, 0.2) is 0 Å². The van der Waals surface area contributed by atoms with Gasteiger partial charge in [0.25, 0.3) is 0 Å². The second-order valence-corrected chi connectivity index (χ2v) is 3.42. The van der Waals surface area contributed by atoms with E-state index < -0.39 is 15.6 Å². The van der Waals surface area contributed by atoms with Gasteiger partial charge in [0, 0.05) is 0 Å². The van der Waals surface area contributed by atoms with E-state index in [1.54, 1.807) is 0 Å². The van der Waals surface area contributed by atoms with Crippen molar-refractivity contribution in [1.82, 2.24) is 0 Å². The fourth-order valence-electron chi connectivity index (χ4n) is 0.122. The molecule has 0 aromatic carbocycles. The van der Waals surface area contributed by atoms with E-state index in [2.05, 4.69) is 4.31 Å². The van der Waals surface area contributed by atoms with Crippen molar-refractivity contribution in [2.24, 2.45) is 0 Å². The van der Waals surface area contributed by atoms with E-state index in [0.29, 0.717) is 0 Å². The van der Waals surface area contributed by atoms with Crippen LogP contribution in [0.15, 0.2) is 0 Å². The number of hydrogen-bond donors (Lipinski definition) is 0. The van der Waals surface area contributed by atoms with Crippen LogP contribution in [0.1, 0.15) is 0 Å². The molecular weight excluding hydrogens is 362 g/mol. The molecule has 0 aromatic heterocycles. The van der Waals surface area contributed by atoms with E-state index in [9.17, 15) is 28.7 Å². The van der Waals surface area contributed by atoms with Crippen LogP contribution in [0.3, 0.4) is 0 Å². The van der Waals surface area contributed by atoms with E-state index >= 15 is 0 Å². The van der Waals surface area contributed by atoms with Crippen LogP contribution in [-0.2, 0) is 35.2 Å². The van der Waals surface area contributed by atoms with Gasteiger partial charge in [-0.15, -0.1) is 0 Å². The summed E-state index contributed by atoms with van der Waals surface area (Å²) in [6.07, 6.45) is 0. The predicted molar refractivity (Wildman–Crippen MR) is 16.3 cm³/mol. The van der Waals surface area contributed by atoms with E-state index in [4.69, 9.17) is 0 Å². The molecule has 0 atom stereocenters. The Kier molecular flexibility index (Phi) is 11.7. The van der Waals surface area contributed by atoms with Crippen LogP contribution in [0.4, 0.5) is 0 Å². The summed E-state index contributed by atoms with van der Waals surface area (Å²) in [7, 11) is -11.4. The Balaban J connectivity index is -0.000000320. The van der Waals surface area contributed by atoms with Crippen molar-refractivity contribution in [3.8, 4) is 0 Å². The van der Waals surface area contributed by atoms with Crippen LogP contribution >= 0.6 is 15.6 Å². The summed E-state index contributed by atoms with van der Waals surface area (Å²) in [6.45, 7) is 0. The first-order valence-electron chi connectivity index (χ1n) is 1.46. The van der Waals surface area contributed by atoms with Crippen LogP contribution < -0.4 is 19.6 Å². The van der Waals surface area contributed by atoms with Gasteiger partial charge in [-0.25, -0.2) is 0 Å². The molecule has 0 N–H and O–H groups in total. The molecule has 1 radical (unpaired) electrons. The van der Waals surface area contributed by atoms with Crippen LogP contribution in [0.2, 0.25) is 0 Å². The molecule has 11 heteroatoms. The standard InChI is InChI=1S/Ce.H4O7P2.Ti/c;1-8(2,3)7-9(4,5)6;/h;(H2,1,2,3)(H2,4,5,6);/q+3;;+4/p-4. The van der Waals surface area contributed by atoms with Crippen molar-refractivity contribution >= 4 is 15.6 Å². The number of rotatable bonds is 2. The van der Waals surface area contributed by atoms with Gasteiger partial charge in [-0.2, -0.15) is 0 Å². The predicted octanol–water partition coefficient (Wildman–Crippen LogP) is -3.34. The number of phosphoric acid groups is 2. The summed E-state index contributed by atoms with van der Waals surface area (Å²) in [6, 6.07) is 0. The molecule has 0 bridgehead atoms. The van der Waals surface area contributed by atoms with Gasteiger partial charge >= 0.3 is 63.5 Å². The number of hydrogen-bond acceptors (Lipinski definition) is 7. The van der Waals surface area contributed by atoms with Gasteiger partial charge in [-0.1, -0.05) is 0 Å². The summed E-state index contributed by atoms with van der Waals surface area (Å²) in [5, 5.41) is 0. The Labute approximate surface area is 111 Å². The first-order valence-corrected chi connectivity index (χ1v) is 4.38. The maximum Gasteiger partial charge on any atom is 4.00 e. The molecule has 7 nitrogen and oxygen atoms in total. The monoisotopic (exact) mass is 362 g/mol. The van der Waals surface area contributed by atoms with E-state index in [0.717, 1.165) is 0 Å². The Bertz CT molecular complexity index is 157. The van der Waals surface area contributed by atoms with Crippen LogP contribution in [0, 0.1) is 41.7 Å². The van der Waals surface area contributed by atoms with Crippen LogP contribution in [0.25, 0.3) is 0 Å². The smallest absolute Gasteiger partial charge is 0.790 e. The van der Waals surface area contributed by atoms with Gasteiger partial charge in [0.2, 0.25) is 0 Å². The fraction of sp³-hybridized carbons (Fsp3) is 0. The SMILES string of the molecule is O=P([O-])([O-])OP(=O)([O-])[O-].[Ce+3].[Ti+4]. The van der Waals surface area contributed by atoms with Crippen molar-refractivity contribution < 1.29 is 96.5 Å². The second-order valence-electron chi connectivity index (χ2n) is 0.976.